The maximum absolute atomic E-state index is 9.68. The summed E-state index contributed by atoms with van der Waals surface area (Å²) in [7, 11) is 3.52. The molecule has 5 nitrogen and oxygen atoms in total. The molecule has 1 aromatic rings. The molecule has 1 atom stereocenters. The molecule has 0 aromatic carbocycles. The van der Waals surface area contributed by atoms with Crippen molar-refractivity contribution in [1.29, 1.82) is 0 Å². The van der Waals surface area contributed by atoms with Gasteiger partial charge >= 0.3 is 0 Å². The van der Waals surface area contributed by atoms with Crippen LogP contribution in [0.4, 0.5) is 0 Å². The summed E-state index contributed by atoms with van der Waals surface area (Å²) in [6.45, 7) is 6.26. The van der Waals surface area contributed by atoms with Crippen LogP contribution < -0.4 is 0 Å². The predicted molar refractivity (Wildman–Crippen MR) is 71.9 cm³/mol. The van der Waals surface area contributed by atoms with Crippen LogP contribution in [0, 0.1) is 6.92 Å². The standard InChI is InChI=1S/C12H22ClN3O2/c1-5-16-11(12(13)9(2)14-16)7-15(3)6-10(17)8-18-4/h10,17H,5-8H2,1-4H3. The number of rotatable bonds is 7. The zero-order valence-electron chi connectivity index (χ0n) is 11.5. The van der Waals surface area contributed by atoms with Crippen LogP contribution in [0.5, 0.6) is 0 Å². The van der Waals surface area contributed by atoms with Crippen molar-refractivity contribution in [3.63, 3.8) is 0 Å². The van der Waals surface area contributed by atoms with Gasteiger partial charge in [-0.05, 0) is 20.9 Å². The monoisotopic (exact) mass is 275 g/mol. The van der Waals surface area contributed by atoms with E-state index in [1.807, 2.05) is 30.5 Å². The van der Waals surface area contributed by atoms with Gasteiger partial charge in [0.15, 0.2) is 0 Å². The quantitative estimate of drug-likeness (QED) is 0.815. The minimum absolute atomic E-state index is 0.337. The fourth-order valence-corrected chi connectivity index (χ4v) is 2.14. The Morgan fingerprint density at radius 1 is 1.56 bits per heavy atom. The van der Waals surface area contributed by atoms with E-state index in [1.165, 1.54) is 0 Å². The lowest BCUT2D eigenvalue weighted by Crippen LogP contribution is -2.32. The number of aromatic nitrogens is 2. The van der Waals surface area contributed by atoms with Crippen molar-refractivity contribution < 1.29 is 9.84 Å². The van der Waals surface area contributed by atoms with Crippen molar-refractivity contribution in [3.8, 4) is 0 Å². The molecule has 0 radical (unpaired) electrons. The third kappa shape index (κ3) is 3.95. The number of aryl methyl sites for hydroxylation is 2. The van der Waals surface area contributed by atoms with E-state index in [2.05, 4.69) is 5.10 Å². The van der Waals surface area contributed by atoms with Crippen molar-refractivity contribution in [2.24, 2.45) is 0 Å². The van der Waals surface area contributed by atoms with E-state index in [4.69, 9.17) is 16.3 Å². The summed E-state index contributed by atoms with van der Waals surface area (Å²) >= 11 is 6.24. The van der Waals surface area contributed by atoms with Gasteiger partial charge in [0.05, 0.1) is 29.1 Å². The molecule has 0 spiro atoms. The van der Waals surface area contributed by atoms with Crippen molar-refractivity contribution in [2.45, 2.75) is 33.0 Å². The van der Waals surface area contributed by atoms with Gasteiger partial charge in [0.25, 0.3) is 0 Å². The summed E-state index contributed by atoms with van der Waals surface area (Å²) in [5.74, 6) is 0. The highest BCUT2D eigenvalue weighted by molar-refractivity contribution is 6.31. The van der Waals surface area contributed by atoms with Crippen molar-refractivity contribution in [1.82, 2.24) is 14.7 Å². The van der Waals surface area contributed by atoms with Crippen LogP contribution in [0.25, 0.3) is 0 Å². The summed E-state index contributed by atoms with van der Waals surface area (Å²) in [6, 6.07) is 0. The van der Waals surface area contributed by atoms with E-state index in [1.54, 1.807) is 7.11 Å². The Morgan fingerprint density at radius 3 is 2.78 bits per heavy atom. The summed E-state index contributed by atoms with van der Waals surface area (Å²) in [5.41, 5.74) is 1.84. The summed E-state index contributed by atoms with van der Waals surface area (Å²) in [4.78, 5) is 2.01. The molecule has 104 valence electrons. The molecule has 0 aliphatic carbocycles. The number of ether oxygens (including phenoxy) is 1. The number of aliphatic hydroxyl groups is 1. The predicted octanol–water partition coefficient (Wildman–Crippen LogP) is 1.30. The first-order chi connectivity index (χ1) is 8.49. The first-order valence-corrected chi connectivity index (χ1v) is 6.44. The van der Waals surface area contributed by atoms with E-state index < -0.39 is 6.10 Å². The van der Waals surface area contributed by atoms with E-state index in [0.717, 1.165) is 17.9 Å². The van der Waals surface area contributed by atoms with Gasteiger partial charge in [0, 0.05) is 26.7 Å². The normalized spacial score (nSPS) is 13.3. The Kier molecular flexibility index (Phi) is 6.08. The molecule has 1 aromatic heterocycles. The average molecular weight is 276 g/mol. The van der Waals surface area contributed by atoms with Crippen molar-refractivity contribution >= 4 is 11.6 Å². The lowest BCUT2D eigenvalue weighted by molar-refractivity contribution is 0.0414. The minimum Gasteiger partial charge on any atom is -0.389 e. The van der Waals surface area contributed by atoms with Crippen LogP contribution in [0.15, 0.2) is 0 Å². The number of likely N-dealkylation sites (N-methyl/N-ethyl adjacent to an activating group) is 1. The highest BCUT2D eigenvalue weighted by atomic mass is 35.5. The van der Waals surface area contributed by atoms with Crippen LogP contribution in [-0.2, 0) is 17.8 Å². The number of halogens is 1. The number of hydrogen-bond acceptors (Lipinski definition) is 4. The van der Waals surface area contributed by atoms with Gasteiger partial charge in [-0.2, -0.15) is 5.10 Å². The van der Waals surface area contributed by atoms with Gasteiger partial charge in [-0.3, -0.25) is 9.58 Å². The summed E-state index contributed by atoms with van der Waals surface area (Å²) < 4.78 is 6.81. The van der Waals surface area contributed by atoms with Crippen molar-refractivity contribution in [2.75, 3.05) is 27.3 Å². The molecule has 0 amide bonds. The maximum Gasteiger partial charge on any atom is 0.0900 e. The van der Waals surface area contributed by atoms with E-state index in [-0.39, 0.29) is 0 Å². The lowest BCUT2D eigenvalue weighted by atomic mass is 10.3. The molecule has 1 heterocycles. The van der Waals surface area contributed by atoms with Crippen LogP contribution in [-0.4, -0.2) is 53.2 Å². The van der Waals surface area contributed by atoms with Gasteiger partial charge in [-0.25, -0.2) is 0 Å². The van der Waals surface area contributed by atoms with Gasteiger partial charge < -0.3 is 9.84 Å². The smallest absolute Gasteiger partial charge is 0.0900 e. The fraction of sp³-hybridized carbons (Fsp3) is 0.750. The third-order valence-corrected chi connectivity index (χ3v) is 3.25. The maximum atomic E-state index is 9.68. The molecule has 0 aliphatic rings. The van der Waals surface area contributed by atoms with E-state index in [9.17, 15) is 5.11 Å². The highest BCUT2D eigenvalue weighted by Gasteiger charge is 2.15. The molecular weight excluding hydrogens is 254 g/mol. The fourth-order valence-electron chi connectivity index (χ4n) is 1.95. The van der Waals surface area contributed by atoms with Gasteiger partial charge in [-0.15, -0.1) is 0 Å². The molecule has 1 rings (SSSR count). The second-order valence-corrected chi connectivity index (χ2v) is 4.85. The molecule has 0 saturated heterocycles. The zero-order valence-corrected chi connectivity index (χ0v) is 12.2. The van der Waals surface area contributed by atoms with E-state index >= 15 is 0 Å². The summed E-state index contributed by atoms with van der Waals surface area (Å²) in [5, 5.41) is 14.8. The number of aliphatic hydroxyl groups excluding tert-OH is 1. The van der Waals surface area contributed by atoms with Gasteiger partial charge in [0.2, 0.25) is 0 Å². The minimum atomic E-state index is -0.488. The SMILES string of the molecule is CCn1nc(C)c(Cl)c1CN(C)CC(O)COC. The van der Waals surface area contributed by atoms with Gasteiger partial charge in [0.1, 0.15) is 0 Å². The van der Waals surface area contributed by atoms with Gasteiger partial charge in [-0.1, -0.05) is 11.6 Å². The van der Waals surface area contributed by atoms with Crippen molar-refractivity contribution in [3.05, 3.63) is 16.4 Å². The third-order valence-electron chi connectivity index (χ3n) is 2.75. The second kappa shape index (κ2) is 7.09. The molecule has 18 heavy (non-hydrogen) atoms. The van der Waals surface area contributed by atoms with E-state index in [0.29, 0.717) is 24.7 Å². The molecule has 1 unspecified atom stereocenters. The number of hydrogen-bond donors (Lipinski definition) is 1. The molecule has 1 N–H and O–H groups in total. The second-order valence-electron chi connectivity index (χ2n) is 4.47. The lowest BCUT2D eigenvalue weighted by Gasteiger charge is -2.20. The van der Waals surface area contributed by atoms with Crippen LogP contribution >= 0.6 is 11.6 Å². The number of methoxy groups -OCH3 is 1. The first kappa shape index (κ1) is 15.4. The largest absolute Gasteiger partial charge is 0.389 e. The molecule has 0 bridgehead atoms. The number of nitrogens with zero attached hydrogens (tertiary/aromatic N) is 3. The molecule has 0 saturated carbocycles. The topological polar surface area (TPSA) is 50.5 Å². The Labute approximate surface area is 113 Å². The zero-order chi connectivity index (χ0) is 13.7. The molecular formula is C12H22ClN3O2. The van der Waals surface area contributed by atoms with Crippen LogP contribution in [0.1, 0.15) is 18.3 Å². The molecule has 6 heteroatoms. The van der Waals surface area contributed by atoms with Crippen LogP contribution in [0.2, 0.25) is 5.02 Å². The summed E-state index contributed by atoms with van der Waals surface area (Å²) in [6.07, 6.45) is -0.488. The Hall–Kier alpha value is -0.620. The highest BCUT2D eigenvalue weighted by Crippen LogP contribution is 2.21. The molecule has 0 fully saturated rings. The first-order valence-electron chi connectivity index (χ1n) is 6.06. The molecule has 0 aliphatic heterocycles. The van der Waals surface area contributed by atoms with Crippen LogP contribution in [0.3, 0.4) is 0 Å². The Bertz CT molecular complexity index is 382. The average Bonchev–Trinajstić information content (AvgIpc) is 2.57. The Balaban J connectivity index is 2.66. The Morgan fingerprint density at radius 2 is 2.22 bits per heavy atom.